The van der Waals surface area contributed by atoms with E-state index < -0.39 is 5.97 Å². The molecule has 0 amide bonds. The van der Waals surface area contributed by atoms with Crippen LogP contribution in [0.5, 0.6) is 0 Å². The summed E-state index contributed by atoms with van der Waals surface area (Å²) in [6.07, 6.45) is 14.6. The molecule has 0 heterocycles. The Bertz CT molecular complexity index is 546. The van der Waals surface area contributed by atoms with Crippen molar-refractivity contribution in [2.45, 2.75) is 52.9 Å². The zero-order chi connectivity index (χ0) is 19.1. The first-order chi connectivity index (χ1) is 11.8. The third-order valence-electron chi connectivity index (χ3n) is 3.46. The highest BCUT2D eigenvalue weighted by molar-refractivity contribution is 5.92. The minimum Gasteiger partial charge on any atom is -0.469 e. The summed E-state index contributed by atoms with van der Waals surface area (Å²) >= 11 is 0. The van der Waals surface area contributed by atoms with Gasteiger partial charge in [0, 0.05) is 12.8 Å². The van der Waals surface area contributed by atoms with Crippen LogP contribution in [0.1, 0.15) is 52.9 Å². The van der Waals surface area contributed by atoms with Crippen molar-refractivity contribution in [3.05, 3.63) is 48.1 Å². The van der Waals surface area contributed by atoms with Crippen LogP contribution in [0.25, 0.3) is 0 Å². The Labute approximate surface area is 151 Å². The second-order valence-corrected chi connectivity index (χ2v) is 6.28. The molecule has 0 saturated carbocycles. The molecule has 1 atom stereocenters. The number of hydrogen-bond acceptors (Lipinski definition) is 4. The van der Waals surface area contributed by atoms with Crippen molar-refractivity contribution in [3.63, 3.8) is 0 Å². The second kappa shape index (κ2) is 14.1. The van der Waals surface area contributed by atoms with E-state index >= 15 is 0 Å². The molecular weight excluding hydrogens is 316 g/mol. The molecule has 0 bridgehead atoms. The normalized spacial score (nSPS) is 12.6. The minimum atomic E-state index is -0.395. The molecule has 1 unspecified atom stereocenters. The fraction of sp³-hybridized carbons (Fsp3) is 0.476. The predicted octanol–water partition coefficient (Wildman–Crippen LogP) is 4.52. The van der Waals surface area contributed by atoms with Gasteiger partial charge in [-0.05, 0) is 44.8 Å². The molecule has 25 heavy (non-hydrogen) atoms. The maximum absolute atomic E-state index is 11.8. The minimum absolute atomic E-state index is 0.0869. The van der Waals surface area contributed by atoms with Gasteiger partial charge in [0.25, 0.3) is 0 Å². The number of rotatable bonds is 12. The first-order valence-corrected chi connectivity index (χ1v) is 8.62. The summed E-state index contributed by atoms with van der Waals surface area (Å²) in [5.41, 5.74) is 1.31. The van der Waals surface area contributed by atoms with E-state index in [4.69, 9.17) is 0 Å². The Kier molecular flexibility index (Phi) is 12.9. The summed E-state index contributed by atoms with van der Waals surface area (Å²) in [5.74, 6) is -0.0642. The van der Waals surface area contributed by atoms with Gasteiger partial charge in [-0.1, -0.05) is 42.9 Å². The van der Waals surface area contributed by atoms with Crippen LogP contribution in [-0.4, -0.2) is 24.6 Å². The van der Waals surface area contributed by atoms with Crippen molar-refractivity contribution in [2.24, 2.45) is 5.92 Å². The molecule has 0 aromatic carbocycles. The smallest absolute Gasteiger partial charge is 0.305 e. The molecule has 0 saturated heterocycles. The van der Waals surface area contributed by atoms with Crippen LogP contribution in [0.2, 0.25) is 0 Å². The van der Waals surface area contributed by atoms with E-state index in [1.165, 1.54) is 18.8 Å². The van der Waals surface area contributed by atoms with Crippen molar-refractivity contribution in [1.29, 1.82) is 0 Å². The average molecular weight is 346 g/mol. The molecule has 0 aromatic heterocycles. The number of ketones is 2. The zero-order valence-corrected chi connectivity index (χ0v) is 15.8. The Morgan fingerprint density at radius 2 is 1.52 bits per heavy atom. The Morgan fingerprint density at radius 1 is 0.920 bits per heavy atom. The van der Waals surface area contributed by atoms with Crippen LogP contribution < -0.4 is 0 Å². The highest BCUT2D eigenvalue weighted by atomic mass is 16.5. The lowest BCUT2D eigenvalue weighted by Gasteiger charge is -2.06. The molecule has 0 rings (SSSR count). The Balaban J connectivity index is 4.04. The molecule has 4 heteroatoms. The quantitative estimate of drug-likeness (QED) is 0.226. The van der Waals surface area contributed by atoms with E-state index in [0.717, 1.165) is 12.8 Å². The Hall–Kier alpha value is -2.23. The lowest BCUT2D eigenvalue weighted by Crippen LogP contribution is -2.03. The van der Waals surface area contributed by atoms with Crippen molar-refractivity contribution >= 4 is 17.5 Å². The van der Waals surface area contributed by atoms with Crippen molar-refractivity contribution in [3.8, 4) is 0 Å². The molecule has 0 aliphatic heterocycles. The van der Waals surface area contributed by atoms with Gasteiger partial charge in [-0.15, -0.1) is 0 Å². The third kappa shape index (κ3) is 15.1. The molecule has 0 N–H and O–H groups in total. The molecule has 0 spiro atoms. The van der Waals surface area contributed by atoms with Crippen molar-refractivity contribution in [2.75, 3.05) is 7.11 Å². The lowest BCUT2D eigenvalue weighted by atomic mass is 9.98. The first kappa shape index (κ1) is 22.8. The van der Waals surface area contributed by atoms with E-state index in [0.29, 0.717) is 12.3 Å². The second-order valence-electron chi connectivity index (χ2n) is 6.28. The van der Waals surface area contributed by atoms with Gasteiger partial charge in [0.1, 0.15) is 0 Å². The molecule has 0 fully saturated rings. The summed E-state index contributed by atoms with van der Waals surface area (Å²) < 4.78 is 4.47. The van der Waals surface area contributed by atoms with Crippen LogP contribution in [0.4, 0.5) is 0 Å². The number of carbonyl (C=O) groups is 3. The third-order valence-corrected chi connectivity index (χ3v) is 3.46. The fourth-order valence-electron chi connectivity index (χ4n) is 2.03. The molecule has 138 valence electrons. The number of carbonyl (C=O) groups excluding carboxylic acids is 3. The van der Waals surface area contributed by atoms with Gasteiger partial charge in [0.05, 0.1) is 13.5 Å². The number of ether oxygens (including phenoxy) is 1. The molecule has 0 aliphatic carbocycles. The van der Waals surface area contributed by atoms with E-state index in [1.54, 1.807) is 30.4 Å². The van der Waals surface area contributed by atoms with Crippen LogP contribution in [0.3, 0.4) is 0 Å². The van der Waals surface area contributed by atoms with E-state index in [9.17, 15) is 14.4 Å². The largest absolute Gasteiger partial charge is 0.469 e. The zero-order valence-electron chi connectivity index (χ0n) is 15.8. The molecule has 0 radical (unpaired) electrons. The summed E-state index contributed by atoms with van der Waals surface area (Å²) in [6, 6.07) is 0. The molecule has 4 nitrogen and oxygen atoms in total. The summed E-state index contributed by atoms with van der Waals surface area (Å²) in [5, 5.41) is 0. The fourth-order valence-corrected chi connectivity index (χ4v) is 2.03. The van der Waals surface area contributed by atoms with Gasteiger partial charge in [0.15, 0.2) is 11.6 Å². The highest BCUT2D eigenvalue weighted by Gasteiger charge is 2.05. The van der Waals surface area contributed by atoms with E-state index in [1.807, 2.05) is 0 Å². The van der Waals surface area contributed by atoms with Gasteiger partial charge >= 0.3 is 5.97 Å². The molecular formula is C21H30O4. The first-order valence-electron chi connectivity index (χ1n) is 8.62. The molecule has 0 aliphatic rings. The summed E-state index contributed by atoms with van der Waals surface area (Å²) in [6.45, 7) is 6.24. The SMILES string of the molecule is COC(=O)CCC(=O)/C=C/C=C/C=C/C(=O)CC(C)CCC=C(C)C. The van der Waals surface area contributed by atoms with Crippen molar-refractivity contribution < 1.29 is 19.1 Å². The number of methoxy groups -OCH3 is 1. The highest BCUT2D eigenvalue weighted by Crippen LogP contribution is 2.12. The van der Waals surface area contributed by atoms with E-state index in [-0.39, 0.29) is 24.4 Å². The monoisotopic (exact) mass is 346 g/mol. The average Bonchev–Trinajstić information content (AvgIpc) is 2.55. The van der Waals surface area contributed by atoms with Crippen LogP contribution in [0, 0.1) is 5.92 Å². The van der Waals surface area contributed by atoms with Crippen LogP contribution in [0.15, 0.2) is 48.1 Å². The van der Waals surface area contributed by atoms with Gasteiger partial charge in [0.2, 0.25) is 0 Å². The lowest BCUT2D eigenvalue weighted by molar-refractivity contribution is -0.141. The summed E-state index contributed by atoms with van der Waals surface area (Å²) in [4.78, 5) is 34.2. The van der Waals surface area contributed by atoms with Crippen LogP contribution >= 0.6 is 0 Å². The van der Waals surface area contributed by atoms with Gasteiger partial charge in [-0.3, -0.25) is 14.4 Å². The number of hydrogen-bond donors (Lipinski definition) is 0. The number of allylic oxidation sites excluding steroid dienone is 8. The van der Waals surface area contributed by atoms with Gasteiger partial charge in [-0.2, -0.15) is 0 Å². The molecule has 0 aromatic rings. The number of esters is 1. The van der Waals surface area contributed by atoms with Crippen LogP contribution in [-0.2, 0) is 19.1 Å². The summed E-state index contributed by atoms with van der Waals surface area (Å²) in [7, 11) is 1.29. The Morgan fingerprint density at radius 3 is 2.08 bits per heavy atom. The van der Waals surface area contributed by atoms with Gasteiger partial charge < -0.3 is 4.74 Å². The van der Waals surface area contributed by atoms with Gasteiger partial charge in [-0.25, -0.2) is 0 Å². The topological polar surface area (TPSA) is 60.4 Å². The van der Waals surface area contributed by atoms with Crippen molar-refractivity contribution in [1.82, 2.24) is 0 Å². The maximum Gasteiger partial charge on any atom is 0.305 e. The predicted molar refractivity (Wildman–Crippen MR) is 101 cm³/mol. The van der Waals surface area contributed by atoms with E-state index in [2.05, 4.69) is 31.6 Å². The standard InChI is InChI=1S/C21H30O4/c1-17(2)10-9-11-18(3)16-20(23)13-8-6-5-7-12-19(22)14-15-21(24)25-4/h5-8,10,12-13,18H,9,11,14-16H2,1-4H3/b6-5+,12-7+,13-8+. The maximum atomic E-state index is 11.8.